The molecule has 0 radical (unpaired) electrons. The topological polar surface area (TPSA) is 57.6 Å². The standard InChI is InChI=1S/C25H37NO3/c1-2-3-4-5-6-7-8-9-10-11-12-13-14-21-15-17-22(18-16-21)26-19-24(28)23(20-27)25(26)29/h15-18,20,27H,2-14,19H2,1H3/b23-20-. The van der Waals surface area contributed by atoms with Crippen molar-refractivity contribution in [3.8, 4) is 0 Å². The van der Waals surface area contributed by atoms with Gasteiger partial charge in [0.15, 0.2) is 5.78 Å². The van der Waals surface area contributed by atoms with Crippen LogP contribution in [0.1, 0.15) is 89.5 Å². The molecule has 0 atom stereocenters. The van der Waals surface area contributed by atoms with Crippen LogP contribution in [0.2, 0.25) is 0 Å². The number of nitrogens with zero attached hydrogens (tertiary/aromatic N) is 1. The molecule has 1 aromatic carbocycles. The Morgan fingerprint density at radius 1 is 0.828 bits per heavy atom. The van der Waals surface area contributed by atoms with Crippen molar-refractivity contribution in [2.45, 2.75) is 90.4 Å². The van der Waals surface area contributed by atoms with E-state index in [9.17, 15) is 9.59 Å². The number of anilines is 1. The zero-order valence-corrected chi connectivity index (χ0v) is 18.0. The molecule has 1 N–H and O–H groups in total. The Morgan fingerprint density at radius 3 is 1.83 bits per heavy atom. The van der Waals surface area contributed by atoms with Gasteiger partial charge in [0, 0.05) is 5.69 Å². The van der Waals surface area contributed by atoms with Crippen molar-refractivity contribution in [2.24, 2.45) is 0 Å². The van der Waals surface area contributed by atoms with E-state index in [1.807, 2.05) is 24.3 Å². The largest absolute Gasteiger partial charge is 0.515 e. The maximum Gasteiger partial charge on any atom is 0.265 e. The van der Waals surface area contributed by atoms with Crippen LogP contribution < -0.4 is 4.90 Å². The second-order valence-electron chi connectivity index (χ2n) is 8.16. The number of aliphatic hydroxyl groups excluding tert-OH is 1. The zero-order chi connectivity index (χ0) is 20.9. The lowest BCUT2D eigenvalue weighted by molar-refractivity contribution is -0.116. The number of ketones is 1. The van der Waals surface area contributed by atoms with E-state index in [0.717, 1.165) is 6.42 Å². The first-order chi connectivity index (χ1) is 14.2. The van der Waals surface area contributed by atoms with E-state index < -0.39 is 5.91 Å². The van der Waals surface area contributed by atoms with Gasteiger partial charge in [0.25, 0.3) is 5.91 Å². The van der Waals surface area contributed by atoms with E-state index >= 15 is 0 Å². The number of benzene rings is 1. The smallest absolute Gasteiger partial charge is 0.265 e. The minimum Gasteiger partial charge on any atom is -0.515 e. The molecule has 0 bridgehead atoms. The molecule has 0 aromatic heterocycles. The summed E-state index contributed by atoms with van der Waals surface area (Å²) in [6.45, 7) is 2.27. The summed E-state index contributed by atoms with van der Waals surface area (Å²) in [5, 5.41) is 9.03. The van der Waals surface area contributed by atoms with Crippen molar-refractivity contribution < 1.29 is 14.7 Å². The lowest BCUT2D eigenvalue weighted by Crippen LogP contribution is -2.24. The minimum absolute atomic E-state index is 0.00329. The average Bonchev–Trinajstić information content (AvgIpc) is 3.02. The Balaban J connectivity index is 1.56. The van der Waals surface area contributed by atoms with Crippen LogP contribution >= 0.6 is 0 Å². The van der Waals surface area contributed by atoms with Crippen LogP contribution in [0, 0.1) is 0 Å². The predicted molar refractivity (Wildman–Crippen MR) is 119 cm³/mol. The van der Waals surface area contributed by atoms with Gasteiger partial charge in [-0.25, -0.2) is 0 Å². The summed E-state index contributed by atoms with van der Waals surface area (Å²) in [7, 11) is 0. The Hall–Kier alpha value is -2.10. The summed E-state index contributed by atoms with van der Waals surface area (Å²) in [5.74, 6) is -0.760. The van der Waals surface area contributed by atoms with E-state index in [2.05, 4.69) is 6.92 Å². The number of hydrogen-bond donors (Lipinski definition) is 1. The zero-order valence-electron chi connectivity index (χ0n) is 18.0. The molecule has 0 saturated carbocycles. The number of unbranched alkanes of at least 4 members (excludes halogenated alkanes) is 11. The number of carbonyl (C=O) groups is 2. The third kappa shape index (κ3) is 7.68. The molecule has 4 nitrogen and oxygen atoms in total. The molecule has 1 amide bonds. The Morgan fingerprint density at radius 2 is 1.34 bits per heavy atom. The van der Waals surface area contributed by atoms with Crippen LogP contribution in [0.25, 0.3) is 0 Å². The Labute approximate surface area is 176 Å². The number of hydrogen-bond acceptors (Lipinski definition) is 3. The molecule has 2 rings (SSSR count). The van der Waals surface area contributed by atoms with Crippen molar-refractivity contribution in [1.29, 1.82) is 0 Å². The molecular weight excluding hydrogens is 362 g/mol. The molecule has 4 heteroatoms. The van der Waals surface area contributed by atoms with Crippen LogP contribution in [0.3, 0.4) is 0 Å². The molecule has 160 valence electrons. The fraction of sp³-hybridized carbons (Fsp3) is 0.600. The summed E-state index contributed by atoms with van der Waals surface area (Å²) in [6, 6.07) is 7.85. The van der Waals surface area contributed by atoms with Crippen LogP contribution in [-0.4, -0.2) is 23.3 Å². The number of amides is 1. The third-order valence-electron chi connectivity index (χ3n) is 5.77. The summed E-state index contributed by atoms with van der Waals surface area (Å²) < 4.78 is 0. The van der Waals surface area contributed by atoms with Gasteiger partial charge in [-0.1, -0.05) is 89.7 Å². The first kappa shape index (κ1) is 23.2. The number of aryl methyl sites for hydroxylation is 1. The van der Waals surface area contributed by atoms with Gasteiger partial charge in [-0.15, -0.1) is 0 Å². The van der Waals surface area contributed by atoms with E-state index in [1.54, 1.807) is 0 Å². The van der Waals surface area contributed by atoms with Crippen molar-refractivity contribution in [3.63, 3.8) is 0 Å². The van der Waals surface area contributed by atoms with Gasteiger partial charge in [0.05, 0.1) is 12.8 Å². The van der Waals surface area contributed by atoms with E-state index in [1.165, 1.54) is 87.5 Å². The summed E-state index contributed by atoms with van der Waals surface area (Å²) in [6.07, 6.45) is 17.9. The maximum absolute atomic E-state index is 12.1. The molecule has 1 aliphatic heterocycles. The van der Waals surface area contributed by atoms with Crippen LogP contribution in [0.5, 0.6) is 0 Å². The first-order valence-electron chi connectivity index (χ1n) is 11.5. The van der Waals surface area contributed by atoms with Crippen LogP contribution in [0.4, 0.5) is 5.69 Å². The van der Waals surface area contributed by atoms with Crippen molar-refractivity contribution in [1.82, 2.24) is 0 Å². The van der Waals surface area contributed by atoms with Gasteiger partial charge in [-0.3, -0.25) is 9.59 Å². The molecule has 1 aromatic rings. The van der Waals surface area contributed by atoms with Crippen molar-refractivity contribution in [3.05, 3.63) is 41.7 Å². The predicted octanol–water partition coefficient (Wildman–Crippen LogP) is 6.29. The van der Waals surface area contributed by atoms with Gasteiger partial charge in [0.2, 0.25) is 0 Å². The van der Waals surface area contributed by atoms with Crippen LogP contribution in [0.15, 0.2) is 36.1 Å². The lowest BCUT2D eigenvalue weighted by atomic mass is 10.0. The van der Waals surface area contributed by atoms with Gasteiger partial charge in [-0.2, -0.15) is 0 Å². The number of aliphatic hydroxyl groups is 1. The molecule has 1 heterocycles. The number of rotatable bonds is 14. The van der Waals surface area contributed by atoms with Gasteiger partial charge in [0.1, 0.15) is 5.57 Å². The molecule has 0 spiro atoms. The highest BCUT2D eigenvalue weighted by Crippen LogP contribution is 2.23. The second-order valence-corrected chi connectivity index (χ2v) is 8.16. The minimum atomic E-state index is -0.425. The fourth-order valence-corrected chi connectivity index (χ4v) is 3.91. The normalized spacial score (nSPS) is 15.6. The SMILES string of the molecule is CCCCCCCCCCCCCCc1ccc(N2CC(=O)/C(=C/O)C2=O)cc1. The monoisotopic (exact) mass is 399 g/mol. The number of carbonyl (C=O) groups excluding carboxylic acids is 2. The van der Waals surface area contributed by atoms with Gasteiger partial charge >= 0.3 is 0 Å². The summed E-state index contributed by atoms with van der Waals surface area (Å²) >= 11 is 0. The quantitative estimate of drug-likeness (QED) is 0.173. The average molecular weight is 400 g/mol. The Kier molecular flexibility index (Phi) is 10.5. The van der Waals surface area contributed by atoms with Crippen LogP contribution in [-0.2, 0) is 16.0 Å². The molecule has 1 aliphatic rings. The van der Waals surface area contributed by atoms with Crippen molar-refractivity contribution >= 4 is 17.4 Å². The summed E-state index contributed by atoms with van der Waals surface area (Å²) in [5.41, 5.74) is 1.83. The fourth-order valence-electron chi connectivity index (χ4n) is 3.91. The summed E-state index contributed by atoms with van der Waals surface area (Å²) in [4.78, 5) is 25.2. The molecule has 1 saturated heterocycles. The maximum atomic E-state index is 12.1. The molecule has 0 aliphatic carbocycles. The first-order valence-corrected chi connectivity index (χ1v) is 11.5. The molecule has 29 heavy (non-hydrogen) atoms. The van der Waals surface area contributed by atoms with E-state index in [4.69, 9.17) is 5.11 Å². The van der Waals surface area contributed by atoms with Gasteiger partial charge in [-0.05, 0) is 30.5 Å². The lowest BCUT2D eigenvalue weighted by Gasteiger charge is -2.14. The van der Waals surface area contributed by atoms with E-state index in [0.29, 0.717) is 11.9 Å². The molecule has 0 unspecified atom stereocenters. The Bertz CT molecular complexity index is 663. The second kappa shape index (κ2) is 13.2. The van der Waals surface area contributed by atoms with Gasteiger partial charge < -0.3 is 10.0 Å². The highest BCUT2D eigenvalue weighted by atomic mass is 16.2. The highest BCUT2D eigenvalue weighted by molar-refractivity contribution is 6.31. The highest BCUT2D eigenvalue weighted by Gasteiger charge is 2.34. The molecule has 1 fully saturated rings. The number of Topliss-reactive ketones (excluding diaryl/α,β-unsaturated/α-hetero) is 1. The molecular formula is C25H37NO3. The van der Waals surface area contributed by atoms with Crippen molar-refractivity contribution in [2.75, 3.05) is 11.4 Å². The third-order valence-corrected chi connectivity index (χ3v) is 5.77. The van der Waals surface area contributed by atoms with E-state index in [-0.39, 0.29) is 17.9 Å².